The molecule has 0 aliphatic carbocycles. The Hall–Kier alpha value is -1.65. The lowest BCUT2D eigenvalue weighted by Gasteiger charge is -1.92. The number of aliphatic hydroxyl groups is 2. The number of ether oxygens (including phenoxy) is 1. The van der Waals surface area contributed by atoms with Crippen molar-refractivity contribution in [1.82, 2.24) is 0 Å². The molecule has 0 fully saturated rings. The van der Waals surface area contributed by atoms with Crippen LogP contribution in [-0.2, 0) is 9.53 Å². The van der Waals surface area contributed by atoms with Crippen LogP contribution in [0.1, 0.15) is 0 Å². The van der Waals surface area contributed by atoms with E-state index in [1.165, 1.54) is 6.08 Å². The monoisotopic (exact) mass is 208 g/mol. The van der Waals surface area contributed by atoms with Crippen LogP contribution in [-0.4, -0.2) is 29.4 Å². The van der Waals surface area contributed by atoms with Crippen LogP contribution in [0.25, 0.3) is 0 Å². The van der Waals surface area contributed by atoms with Crippen LogP contribution in [0.4, 0.5) is 0 Å². The molecule has 0 aromatic carbocycles. The summed E-state index contributed by atoms with van der Waals surface area (Å²) in [5, 5.41) is 17.0. The zero-order valence-electron chi connectivity index (χ0n) is 8.09. The largest absolute Gasteiger partial charge is 0.423 e. The molecule has 0 bridgehead atoms. The molecule has 4 heteroatoms. The average Bonchev–Trinajstić information content (AvgIpc) is 2.55. The summed E-state index contributed by atoms with van der Waals surface area (Å²) in [6.45, 7) is -0.204. The van der Waals surface area contributed by atoms with Crippen molar-refractivity contribution in [3.8, 4) is 0 Å². The maximum atomic E-state index is 11.2. The van der Waals surface area contributed by atoms with Gasteiger partial charge in [-0.05, 0) is 18.2 Å². The summed E-state index contributed by atoms with van der Waals surface area (Å²) in [5.41, 5.74) is 0.414. The van der Waals surface area contributed by atoms with Crippen LogP contribution in [0, 0.1) is 0 Å². The van der Waals surface area contributed by atoms with Crippen molar-refractivity contribution >= 4 is 5.97 Å². The highest BCUT2D eigenvalue weighted by atomic mass is 16.5. The highest BCUT2D eigenvalue weighted by Crippen LogP contribution is 2.17. The van der Waals surface area contributed by atoms with E-state index in [2.05, 4.69) is 0 Å². The molecule has 4 nitrogen and oxygen atoms in total. The fraction of sp³-hybridized carbons (Fsp3) is 0.182. The van der Waals surface area contributed by atoms with Gasteiger partial charge in [0.15, 0.2) is 0 Å². The van der Waals surface area contributed by atoms with Gasteiger partial charge >= 0.3 is 5.97 Å². The molecule has 0 unspecified atom stereocenters. The number of hydrogen-bond acceptors (Lipinski definition) is 4. The van der Waals surface area contributed by atoms with E-state index in [0.29, 0.717) is 11.3 Å². The maximum absolute atomic E-state index is 11.2. The van der Waals surface area contributed by atoms with Crippen LogP contribution in [0.3, 0.4) is 0 Å². The highest BCUT2D eigenvalue weighted by Gasteiger charge is 2.17. The summed E-state index contributed by atoms with van der Waals surface area (Å²) in [7, 11) is 0. The summed E-state index contributed by atoms with van der Waals surface area (Å²) < 4.78 is 4.82. The Balaban J connectivity index is 2.66. The number of esters is 1. The molecule has 0 saturated carbocycles. The molecule has 1 aliphatic heterocycles. The number of rotatable bonds is 4. The molecular formula is C11H12O4. The van der Waals surface area contributed by atoms with E-state index in [0.717, 1.165) is 0 Å². The van der Waals surface area contributed by atoms with Crippen molar-refractivity contribution < 1.29 is 19.7 Å². The predicted octanol–water partition coefficient (Wildman–Crippen LogP) is 0.450. The standard InChI is InChI=1S/C11H12O4/c12-6-3-1-2-4-9-8-10(5-7-13)15-11(9)14/h1-5,8,12-13H,6-7H2/b3-1+,4-2+,10-5+. The van der Waals surface area contributed by atoms with Crippen molar-refractivity contribution in [2.75, 3.05) is 13.2 Å². The lowest BCUT2D eigenvalue weighted by molar-refractivity contribution is -0.132. The van der Waals surface area contributed by atoms with E-state index in [1.54, 1.807) is 30.4 Å². The van der Waals surface area contributed by atoms with E-state index in [9.17, 15) is 4.79 Å². The Bertz CT molecular complexity index is 348. The fourth-order valence-electron chi connectivity index (χ4n) is 1.01. The van der Waals surface area contributed by atoms with Gasteiger partial charge in [-0.15, -0.1) is 0 Å². The number of aliphatic hydroxyl groups excluding tert-OH is 2. The van der Waals surface area contributed by atoms with Crippen molar-refractivity contribution in [3.63, 3.8) is 0 Å². The first-order valence-electron chi connectivity index (χ1n) is 4.47. The van der Waals surface area contributed by atoms with Gasteiger partial charge in [-0.1, -0.05) is 18.2 Å². The van der Waals surface area contributed by atoms with Crippen LogP contribution in [0.5, 0.6) is 0 Å². The maximum Gasteiger partial charge on any atom is 0.343 e. The van der Waals surface area contributed by atoms with Gasteiger partial charge < -0.3 is 14.9 Å². The zero-order valence-corrected chi connectivity index (χ0v) is 8.09. The highest BCUT2D eigenvalue weighted by molar-refractivity contribution is 5.95. The molecule has 0 saturated heterocycles. The van der Waals surface area contributed by atoms with Gasteiger partial charge in [0.05, 0.1) is 18.8 Å². The van der Waals surface area contributed by atoms with Crippen LogP contribution >= 0.6 is 0 Å². The Morgan fingerprint density at radius 2 is 2.07 bits per heavy atom. The summed E-state index contributed by atoms with van der Waals surface area (Å²) in [6.07, 6.45) is 9.33. The molecule has 15 heavy (non-hydrogen) atoms. The first kappa shape index (κ1) is 11.4. The quantitative estimate of drug-likeness (QED) is 0.520. The van der Waals surface area contributed by atoms with Gasteiger partial charge in [-0.25, -0.2) is 4.79 Å². The summed E-state index contributed by atoms with van der Waals surface area (Å²) in [4.78, 5) is 11.2. The third-order valence-electron chi connectivity index (χ3n) is 1.66. The predicted molar refractivity (Wildman–Crippen MR) is 54.7 cm³/mol. The molecule has 0 amide bonds. The lowest BCUT2D eigenvalue weighted by Crippen LogP contribution is -1.96. The third-order valence-corrected chi connectivity index (χ3v) is 1.66. The second-order valence-corrected chi connectivity index (χ2v) is 2.75. The van der Waals surface area contributed by atoms with Crippen LogP contribution in [0.15, 0.2) is 47.8 Å². The molecule has 80 valence electrons. The van der Waals surface area contributed by atoms with E-state index < -0.39 is 5.97 Å². The molecular weight excluding hydrogens is 196 g/mol. The van der Waals surface area contributed by atoms with E-state index in [4.69, 9.17) is 14.9 Å². The lowest BCUT2D eigenvalue weighted by atomic mass is 10.2. The molecule has 2 N–H and O–H groups in total. The Labute approximate surface area is 87.5 Å². The minimum atomic E-state index is -0.441. The van der Waals surface area contributed by atoms with Crippen molar-refractivity contribution in [1.29, 1.82) is 0 Å². The van der Waals surface area contributed by atoms with Crippen molar-refractivity contribution in [2.45, 2.75) is 0 Å². The van der Waals surface area contributed by atoms with E-state index in [-0.39, 0.29) is 13.2 Å². The number of carbonyl (C=O) groups excluding carboxylic acids is 1. The van der Waals surface area contributed by atoms with Gasteiger partial charge in [-0.3, -0.25) is 0 Å². The minimum Gasteiger partial charge on any atom is -0.423 e. The van der Waals surface area contributed by atoms with Gasteiger partial charge in [0.25, 0.3) is 0 Å². The Morgan fingerprint density at radius 3 is 2.73 bits per heavy atom. The van der Waals surface area contributed by atoms with Gasteiger partial charge in [0.1, 0.15) is 5.76 Å². The fourth-order valence-corrected chi connectivity index (χ4v) is 1.01. The van der Waals surface area contributed by atoms with E-state index >= 15 is 0 Å². The molecule has 0 spiro atoms. The second-order valence-electron chi connectivity index (χ2n) is 2.75. The molecule has 0 aromatic heterocycles. The van der Waals surface area contributed by atoms with Gasteiger partial charge in [0.2, 0.25) is 0 Å². The molecule has 0 radical (unpaired) electrons. The Kier molecular flexibility index (Phi) is 4.53. The molecule has 1 heterocycles. The smallest absolute Gasteiger partial charge is 0.343 e. The third kappa shape index (κ3) is 3.53. The molecule has 1 aliphatic rings. The van der Waals surface area contributed by atoms with Crippen LogP contribution < -0.4 is 0 Å². The number of cyclic esters (lactones) is 1. The normalized spacial score (nSPS) is 19.2. The summed E-state index contributed by atoms with van der Waals surface area (Å²) >= 11 is 0. The second kappa shape index (κ2) is 5.95. The SMILES string of the molecule is O=C1O/C(=C/CO)C=C1/C=C/C=C/CO. The number of hydrogen-bond donors (Lipinski definition) is 2. The van der Waals surface area contributed by atoms with Crippen molar-refractivity contribution in [3.05, 3.63) is 47.8 Å². The van der Waals surface area contributed by atoms with Crippen LogP contribution in [0.2, 0.25) is 0 Å². The molecule has 0 atom stereocenters. The van der Waals surface area contributed by atoms with E-state index in [1.807, 2.05) is 0 Å². The number of carbonyl (C=O) groups is 1. The molecule has 0 aromatic rings. The topological polar surface area (TPSA) is 66.8 Å². The zero-order chi connectivity index (χ0) is 11.1. The van der Waals surface area contributed by atoms with Crippen molar-refractivity contribution in [2.24, 2.45) is 0 Å². The summed E-state index contributed by atoms with van der Waals surface area (Å²) in [6, 6.07) is 0. The Morgan fingerprint density at radius 1 is 1.27 bits per heavy atom. The molecule has 1 rings (SSSR count). The first-order chi connectivity index (χ1) is 7.27. The summed E-state index contributed by atoms with van der Waals surface area (Å²) in [5.74, 6) is -0.0864. The number of allylic oxidation sites excluding steroid dienone is 3. The first-order valence-corrected chi connectivity index (χ1v) is 4.47. The minimum absolute atomic E-state index is 0.0382. The average molecular weight is 208 g/mol. The van der Waals surface area contributed by atoms with Gasteiger partial charge in [-0.2, -0.15) is 0 Å². The van der Waals surface area contributed by atoms with Gasteiger partial charge in [0, 0.05) is 0 Å².